The number of hydrogen-bond donors (Lipinski definition) is 2. The predicted molar refractivity (Wildman–Crippen MR) is 210 cm³/mol. The van der Waals surface area contributed by atoms with Crippen LogP contribution in [0.5, 0.6) is 6.01 Å². The summed E-state index contributed by atoms with van der Waals surface area (Å²) >= 11 is 0. The smallest absolute Gasteiger partial charge is 0.408 e. The minimum absolute atomic E-state index is 0.0256. The highest BCUT2D eigenvalue weighted by molar-refractivity contribution is 7.87. The molecule has 1 saturated heterocycles. The van der Waals surface area contributed by atoms with Crippen molar-refractivity contribution >= 4 is 50.7 Å². The Balaban J connectivity index is 1.52. The lowest BCUT2D eigenvalue weighted by Gasteiger charge is -2.30. The van der Waals surface area contributed by atoms with E-state index in [2.05, 4.69) is 10.0 Å². The number of carbonyl (C=O) groups excluding carboxylic acids is 5. The lowest BCUT2D eigenvalue weighted by atomic mass is 9.91. The molecule has 3 heterocycles. The number of Topliss-reactive ketones (excluding diaryl/α,β-unsaturated/α-hetero) is 2. The van der Waals surface area contributed by atoms with Crippen molar-refractivity contribution in [1.82, 2.24) is 28.8 Å². The molecule has 1 aromatic heterocycles. The summed E-state index contributed by atoms with van der Waals surface area (Å²) < 4.78 is 42.5. The van der Waals surface area contributed by atoms with Gasteiger partial charge in [-0.15, -0.1) is 0 Å². The number of imidazole rings is 1. The molecule has 2 aromatic rings. The van der Waals surface area contributed by atoms with Gasteiger partial charge in [0.1, 0.15) is 23.3 Å². The number of ketones is 2. The third-order valence-corrected chi connectivity index (χ3v) is 12.1. The highest BCUT2D eigenvalue weighted by Crippen LogP contribution is 2.57. The maximum atomic E-state index is 14.6. The molecule has 3 amide bonds. The molecule has 2 aliphatic heterocycles. The zero-order valence-corrected chi connectivity index (χ0v) is 34.7. The number of alkyl carbamates (subject to hydrolysis) is 1. The quantitative estimate of drug-likeness (QED) is 0.238. The Hall–Kier alpha value is -4.31. The molecule has 0 spiro atoms. The monoisotopic (exact) mass is 798 g/mol. The van der Waals surface area contributed by atoms with Gasteiger partial charge in [-0.1, -0.05) is 38.0 Å². The van der Waals surface area contributed by atoms with E-state index in [1.54, 1.807) is 26.8 Å². The molecule has 1 aromatic carbocycles. The zero-order valence-electron chi connectivity index (χ0n) is 33.9. The number of carbonyl (C=O) groups is 5. The Labute approximate surface area is 330 Å². The van der Waals surface area contributed by atoms with E-state index >= 15 is 0 Å². The van der Waals surface area contributed by atoms with Gasteiger partial charge in [0.05, 0.1) is 23.5 Å². The summed E-state index contributed by atoms with van der Waals surface area (Å²) in [6, 6.07) is 3.48. The van der Waals surface area contributed by atoms with Crippen LogP contribution in [0, 0.1) is 11.3 Å². The number of aromatic nitrogens is 2. The molecular formula is C40H58N6O9S. The van der Waals surface area contributed by atoms with E-state index in [1.165, 1.54) is 19.0 Å². The van der Waals surface area contributed by atoms with Crippen LogP contribution in [0.2, 0.25) is 0 Å². The SMILES string of the molecule is CCCC(=O)c1cccc2c1nc(O[C@@H]1C[C@H]3C(=O)C[C@]4(C(=O)NS(=O)(=O)N(C)C)C[C@H]4/C=C\CCCCC[C@H](NC(=O)OC(C)(C)C)C(=O)N3C1)n2C(C)C. The number of para-hydroxylation sites is 1. The van der Waals surface area contributed by atoms with Gasteiger partial charge in [-0.25, -0.2) is 9.52 Å². The highest BCUT2D eigenvalue weighted by Gasteiger charge is 2.61. The fourth-order valence-electron chi connectivity index (χ4n) is 7.67. The molecule has 2 N–H and O–H groups in total. The van der Waals surface area contributed by atoms with Crippen molar-refractivity contribution in [2.45, 2.75) is 136 Å². The molecule has 56 heavy (non-hydrogen) atoms. The van der Waals surface area contributed by atoms with Gasteiger partial charge in [-0.2, -0.15) is 17.7 Å². The minimum Gasteiger partial charge on any atom is -0.459 e. The molecular weight excluding hydrogens is 741 g/mol. The molecule has 3 aliphatic rings. The van der Waals surface area contributed by atoms with E-state index in [0.717, 1.165) is 17.1 Å². The van der Waals surface area contributed by atoms with E-state index in [9.17, 15) is 32.4 Å². The molecule has 16 heteroatoms. The van der Waals surface area contributed by atoms with Crippen molar-refractivity contribution in [2.24, 2.45) is 11.3 Å². The van der Waals surface area contributed by atoms with Crippen molar-refractivity contribution in [2.75, 3.05) is 20.6 Å². The number of benzene rings is 1. The third-order valence-electron chi connectivity index (χ3n) is 10.7. The average molecular weight is 799 g/mol. The second kappa shape index (κ2) is 17.0. The lowest BCUT2D eigenvalue weighted by Crippen LogP contribution is -2.53. The van der Waals surface area contributed by atoms with Crippen LogP contribution in [0.15, 0.2) is 30.4 Å². The summed E-state index contributed by atoms with van der Waals surface area (Å²) in [6.45, 7) is 11.0. The number of hydrogen-bond acceptors (Lipinski definition) is 10. The molecule has 2 fully saturated rings. The van der Waals surface area contributed by atoms with Crippen molar-refractivity contribution in [1.29, 1.82) is 0 Å². The summed E-state index contributed by atoms with van der Waals surface area (Å²) in [6.07, 6.45) is 6.57. The zero-order chi connectivity index (χ0) is 41.2. The molecule has 5 rings (SSSR count). The van der Waals surface area contributed by atoms with Crippen LogP contribution >= 0.6 is 0 Å². The van der Waals surface area contributed by atoms with Gasteiger partial charge in [-0.3, -0.25) is 23.7 Å². The van der Waals surface area contributed by atoms with E-state index in [4.69, 9.17) is 14.5 Å². The average Bonchev–Trinajstić information content (AvgIpc) is 3.42. The van der Waals surface area contributed by atoms with E-state index in [1.807, 2.05) is 49.6 Å². The first-order chi connectivity index (χ1) is 26.3. The van der Waals surface area contributed by atoms with Gasteiger partial charge >= 0.3 is 16.3 Å². The Kier molecular flexibility index (Phi) is 13.0. The predicted octanol–water partition coefficient (Wildman–Crippen LogP) is 5.25. The number of ether oxygens (including phenoxy) is 2. The molecule has 0 unspecified atom stereocenters. The van der Waals surface area contributed by atoms with Crippen LogP contribution in [-0.2, 0) is 29.3 Å². The Morgan fingerprint density at radius 3 is 2.50 bits per heavy atom. The van der Waals surface area contributed by atoms with Gasteiger partial charge in [0.25, 0.3) is 6.01 Å². The number of nitrogens with one attached hydrogen (secondary N) is 2. The van der Waals surface area contributed by atoms with Crippen LogP contribution in [-0.4, -0.2) is 101 Å². The first kappa shape index (κ1) is 42.8. The molecule has 0 radical (unpaired) electrons. The number of nitrogens with zero attached hydrogens (tertiary/aromatic N) is 4. The second-order valence-corrected chi connectivity index (χ2v) is 18.7. The molecule has 15 nitrogen and oxygen atoms in total. The Morgan fingerprint density at radius 1 is 1.11 bits per heavy atom. The van der Waals surface area contributed by atoms with Crippen LogP contribution in [0.4, 0.5) is 4.79 Å². The maximum absolute atomic E-state index is 14.6. The van der Waals surface area contributed by atoms with E-state index < -0.39 is 63.1 Å². The fourth-order valence-corrected chi connectivity index (χ4v) is 8.29. The van der Waals surface area contributed by atoms with Crippen molar-refractivity contribution in [3.05, 3.63) is 35.9 Å². The molecule has 308 valence electrons. The summed E-state index contributed by atoms with van der Waals surface area (Å²) in [7, 11) is -1.53. The molecule has 1 saturated carbocycles. The fraction of sp³-hybridized carbons (Fsp3) is 0.650. The maximum Gasteiger partial charge on any atom is 0.408 e. The van der Waals surface area contributed by atoms with Crippen molar-refractivity contribution < 1.29 is 41.9 Å². The summed E-state index contributed by atoms with van der Waals surface area (Å²) in [5.74, 6) is -2.09. The van der Waals surface area contributed by atoms with Crippen molar-refractivity contribution in [3.8, 4) is 6.01 Å². The van der Waals surface area contributed by atoms with Gasteiger partial charge < -0.3 is 19.7 Å². The topological polar surface area (TPSA) is 186 Å². The number of amides is 3. The van der Waals surface area contributed by atoms with Gasteiger partial charge in [0.15, 0.2) is 11.6 Å². The number of rotatable bonds is 10. The van der Waals surface area contributed by atoms with Crippen LogP contribution in [0.25, 0.3) is 11.0 Å². The third kappa shape index (κ3) is 9.61. The van der Waals surface area contributed by atoms with Crippen LogP contribution < -0.4 is 14.8 Å². The number of fused-ring (bicyclic) bond motifs is 3. The molecule has 1 aliphatic carbocycles. The largest absolute Gasteiger partial charge is 0.459 e. The van der Waals surface area contributed by atoms with Gasteiger partial charge in [-0.05, 0) is 84.8 Å². The summed E-state index contributed by atoms with van der Waals surface area (Å²) in [4.78, 5) is 75.3. The summed E-state index contributed by atoms with van der Waals surface area (Å²) in [5.41, 5.74) is -0.437. The van der Waals surface area contributed by atoms with E-state index in [-0.39, 0.29) is 49.6 Å². The first-order valence-corrected chi connectivity index (χ1v) is 21.2. The van der Waals surface area contributed by atoms with Gasteiger partial charge in [0.2, 0.25) is 11.8 Å². The Bertz CT molecular complexity index is 1970. The second-order valence-electron chi connectivity index (χ2n) is 16.8. The van der Waals surface area contributed by atoms with Crippen molar-refractivity contribution in [3.63, 3.8) is 0 Å². The standard InChI is InChI=1S/C40H58N6O9S/c1-9-16-32(47)28-18-15-20-30-34(28)42-37(46(30)25(2)3)54-27-21-31-33(48)23-40(36(50)43-56(52,53)44(7)8)22-26(40)17-13-11-10-12-14-19-29(35(49)45(31)24-27)41-38(51)55-39(4,5)6/h13,15,17-18,20,25-27,29,31H,9-12,14,16,19,21-24H2,1-8H3,(H,41,51)(H,43,50)/b17-13-/t26-,27-,29+,31+,40-/m1/s1. The van der Waals surface area contributed by atoms with E-state index in [0.29, 0.717) is 48.7 Å². The Morgan fingerprint density at radius 2 is 1.84 bits per heavy atom. The normalized spacial score (nSPS) is 25.6. The first-order valence-electron chi connectivity index (χ1n) is 19.7. The lowest BCUT2D eigenvalue weighted by molar-refractivity contribution is -0.140. The summed E-state index contributed by atoms with van der Waals surface area (Å²) in [5, 5.41) is 2.76. The molecule has 5 atom stereocenters. The van der Waals surface area contributed by atoms with Gasteiger partial charge in [0, 0.05) is 45.0 Å². The highest BCUT2D eigenvalue weighted by atomic mass is 32.2. The molecule has 0 bridgehead atoms. The minimum atomic E-state index is -4.15. The number of allylic oxidation sites excluding steroid dienone is 2. The van der Waals surface area contributed by atoms with Crippen LogP contribution in [0.1, 0.15) is 122 Å². The van der Waals surface area contributed by atoms with Crippen LogP contribution in [0.3, 0.4) is 0 Å².